The number of ether oxygens (including phenoxy) is 1. The summed E-state index contributed by atoms with van der Waals surface area (Å²) < 4.78 is 43.4. The van der Waals surface area contributed by atoms with Crippen molar-refractivity contribution in [3.05, 3.63) is 59.9 Å². The lowest BCUT2D eigenvalue weighted by atomic mass is 10.1. The number of fused-ring (bicyclic) bond motifs is 1. The van der Waals surface area contributed by atoms with Crippen molar-refractivity contribution in [3.63, 3.8) is 0 Å². The third-order valence-corrected chi connectivity index (χ3v) is 5.03. The fourth-order valence-electron chi connectivity index (χ4n) is 3.29. The number of pyridine rings is 2. The van der Waals surface area contributed by atoms with Gasteiger partial charge in [-0.2, -0.15) is 13.2 Å². The monoisotopic (exact) mass is 417 g/mol. The molecular weight excluding hydrogens is 399 g/mol. The Labute approximate surface area is 169 Å². The van der Waals surface area contributed by atoms with Crippen molar-refractivity contribution in [2.24, 2.45) is 5.92 Å². The summed E-state index contributed by atoms with van der Waals surface area (Å²) in [6, 6.07) is 10.3. The van der Waals surface area contributed by atoms with E-state index < -0.39 is 17.8 Å². The van der Waals surface area contributed by atoms with E-state index >= 15 is 0 Å². The molecule has 3 heterocycles. The van der Waals surface area contributed by atoms with Crippen molar-refractivity contribution >= 4 is 16.8 Å². The Hall–Kier alpha value is -3.20. The summed E-state index contributed by atoms with van der Waals surface area (Å²) in [6.45, 7) is 2.65. The summed E-state index contributed by atoms with van der Waals surface area (Å²) in [6.07, 6.45) is -4.28. The molecule has 1 N–H and O–H groups in total. The maximum absolute atomic E-state index is 12.6. The first kappa shape index (κ1) is 20.1. The van der Waals surface area contributed by atoms with E-state index in [0.29, 0.717) is 29.4 Å². The fourth-order valence-corrected chi connectivity index (χ4v) is 3.29. The number of halogens is 3. The molecule has 0 spiro atoms. The van der Waals surface area contributed by atoms with Gasteiger partial charge >= 0.3 is 6.18 Å². The molecular formula is C21H18F3N3O3. The summed E-state index contributed by atoms with van der Waals surface area (Å²) in [4.78, 5) is 22.3. The quantitative estimate of drug-likeness (QED) is 0.700. The van der Waals surface area contributed by atoms with Crippen molar-refractivity contribution in [2.45, 2.75) is 19.2 Å². The lowest BCUT2D eigenvalue weighted by molar-refractivity contribution is -0.137. The summed E-state index contributed by atoms with van der Waals surface area (Å²) in [5, 5.41) is 10.6. The molecule has 0 saturated carbocycles. The molecule has 6 nitrogen and oxygen atoms in total. The van der Waals surface area contributed by atoms with E-state index in [-0.39, 0.29) is 29.9 Å². The minimum atomic E-state index is -4.46. The Morgan fingerprint density at radius 3 is 2.60 bits per heavy atom. The zero-order valence-electron chi connectivity index (χ0n) is 15.9. The second-order valence-corrected chi connectivity index (χ2v) is 7.29. The summed E-state index contributed by atoms with van der Waals surface area (Å²) >= 11 is 0. The molecule has 30 heavy (non-hydrogen) atoms. The Morgan fingerprint density at radius 1 is 1.17 bits per heavy atom. The Balaban J connectivity index is 1.51. The number of carbonyl (C=O) groups is 1. The van der Waals surface area contributed by atoms with Crippen LogP contribution in [0.5, 0.6) is 11.6 Å². The molecule has 9 heteroatoms. The first-order valence-corrected chi connectivity index (χ1v) is 9.30. The number of aliphatic hydroxyl groups excluding tert-OH is 1. The average Bonchev–Trinajstić information content (AvgIpc) is 3.05. The zero-order valence-corrected chi connectivity index (χ0v) is 15.9. The number of nitrogens with zero attached hydrogens (tertiary/aromatic N) is 3. The molecule has 1 aromatic carbocycles. The van der Waals surface area contributed by atoms with Gasteiger partial charge < -0.3 is 14.7 Å². The Kier molecular flexibility index (Phi) is 5.07. The smallest absolute Gasteiger partial charge is 0.417 e. The minimum Gasteiger partial charge on any atom is -0.439 e. The number of aromatic nitrogens is 2. The topological polar surface area (TPSA) is 75.6 Å². The van der Waals surface area contributed by atoms with Gasteiger partial charge in [-0.15, -0.1) is 0 Å². The van der Waals surface area contributed by atoms with Gasteiger partial charge in [0.15, 0.2) is 0 Å². The van der Waals surface area contributed by atoms with Crippen molar-refractivity contribution in [1.29, 1.82) is 0 Å². The molecule has 3 aromatic rings. The average molecular weight is 417 g/mol. The van der Waals surface area contributed by atoms with E-state index in [1.54, 1.807) is 35.2 Å². The molecule has 1 amide bonds. The van der Waals surface area contributed by atoms with Gasteiger partial charge in [-0.05, 0) is 30.3 Å². The number of likely N-dealkylation sites (tertiary alicyclic amines) is 1. The van der Waals surface area contributed by atoms with Crippen LogP contribution in [0.25, 0.3) is 10.9 Å². The number of β-amino-alcohol motifs (C(OH)–C–C–N with tert-alkyl or cyclic N) is 1. The van der Waals surface area contributed by atoms with Crippen LogP contribution >= 0.6 is 0 Å². The number of hydrogen-bond donors (Lipinski definition) is 1. The third-order valence-electron chi connectivity index (χ3n) is 5.03. The van der Waals surface area contributed by atoms with Crippen LogP contribution in [0.2, 0.25) is 0 Å². The zero-order chi connectivity index (χ0) is 21.5. The number of aliphatic hydroxyl groups is 1. The number of alkyl halides is 3. The van der Waals surface area contributed by atoms with E-state index in [1.807, 2.05) is 6.92 Å². The van der Waals surface area contributed by atoms with Crippen molar-refractivity contribution in [3.8, 4) is 11.6 Å². The van der Waals surface area contributed by atoms with Gasteiger partial charge in [0.1, 0.15) is 11.4 Å². The van der Waals surface area contributed by atoms with Crippen LogP contribution in [-0.2, 0) is 6.18 Å². The highest BCUT2D eigenvalue weighted by molar-refractivity contribution is 5.95. The molecule has 1 saturated heterocycles. The van der Waals surface area contributed by atoms with Crippen LogP contribution in [0.15, 0.2) is 48.7 Å². The Morgan fingerprint density at radius 2 is 1.97 bits per heavy atom. The standard InChI is InChI=1S/C21H18F3N3O3/c1-12-10-27(11-18(12)28)20(29)17-5-2-13-8-15(4-6-16(13)26-17)30-19-7-3-14(9-25-19)21(22,23)24/h2-9,12,18,28H,10-11H2,1H3. The van der Waals surface area contributed by atoms with Gasteiger partial charge in [-0.3, -0.25) is 4.79 Å². The molecule has 1 fully saturated rings. The van der Waals surface area contributed by atoms with Gasteiger partial charge in [0, 0.05) is 36.7 Å². The molecule has 0 bridgehead atoms. The van der Waals surface area contributed by atoms with Crippen molar-refractivity contribution < 1.29 is 27.8 Å². The molecule has 0 aliphatic carbocycles. The van der Waals surface area contributed by atoms with Crippen LogP contribution in [-0.4, -0.2) is 45.1 Å². The SMILES string of the molecule is CC1CN(C(=O)c2ccc3cc(Oc4ccc(C(F)(F)F)cn4)ccc3n2)CC1O. The maximum atomic E-state index is 12.6. The molecule has 1 aliphatic rings. The predicted octanol–water partition coefficient (Wildman–Crippen LogP) is 3.89. The fraction of sp³-hybridized carbons (Fsp3) is 0.286. The number of benzene rings is 1. The van der Waals surface area contributed by atoms with Crippen molar-refractivity contribution in [1.82, 2.24) is 14.9 Å². The summed E-state index contributed by atoms with van der Waals surface area (Å²) in [5.41, 5.74) is -0.00193. The minimum absolute atomic E-state index is 0.0212. The van der Waals surface area contributed by atoms with E-state index in [4.69, 9.17) is 4.74 Å². The molecule has 156 valence electrons. The lowest BCUT2D eigenvalue weighted by Gasteiger charge is -2.15. The van der Waals surface area contributed by atoms with Gasteiger partial charge in [0.2, 0.25) is 5.88 Å². The first-order valence-electron chi connectivity index (χ1n) is 9.30. The van der Waals surface area contributed by atoms with Gasteiger partial charge in [0.05, 0.1) is 17.2 Å². The van der Waals surface area contributed by atoms with E-state index in [9.17, 15) is 23.1 Å². The highest BCUT2D eigenvalue weighted by atomic mass is 19.4. The first-order chi connectivity index (χ1) is 14.2. The molecule has 2 unspecified atom stereocenters. The van der Waals surface area contributed by atoms with Crippen molar-refractivity contribution in [2.75, 3.05) is 13.1 Å². The highest BCUT2D eigenvalue weighted by Gasteiger charge is 2.32. The summed E-state index contributed by atoms with van der Waals surface area (Å²) in [7, 11) is 0. The summed E-state index contributed by atoms with van der Waals surface area (Å²) in [5.74, 6) is 0.193. The van der Waals surface area contributed by atoms with Gasteiger partial charge in [-0.1, -0.05) is 13.0 Å². The Bertz CT molecular complexity index is 1080. The molecule has 2 aromatic heterocycles. The number of rotatable bonds is 3. The predicted molar refractivity (Wildman–Crippen MR) is 102 cm³/mol. The third kappa shape index (κ3) is 4.06. The van der Waals surface area contributed by atoms with Crippen LogP contribution in [0.4, 0.5) is 13.2 Å². The van der Waals surface area contributed by atoms with Crippen LogP contribution in [0.1, 0.15) is 23.0 Å². The lowest BCUT2D eigenvalue weighted by Crippen LogP contribution is -2.30. The van der Waals surface area contributed by atoms with E-state index in [0.717, 1.165) is 12.1 Å². The van der Waals surface area contributed by atoms with Gasteiger partial charge in [0.25, 0.3) is 5.91 Å². The van der Waals surface area contributed by atoms with Crippen LogP contribution < -0.4 is 4.74 Å². The van der Waals surface area contributed by atoms with Crippen LogP contribution in [0.3, 0.4) is 0 Å². The largest absolute Gasteiger partial charge is 0.439 e. The molecule has 2 atom stereocenters. The number of hydrogen-bond acceptors (Lipinski definition) is 5. The highest BCUT2D eigenvalue weighted by Crippen LogP contribution is 2.30. The second kappa shape index (κ2) is 7.56. The second-order valence-electron chi connectivity index (χ2n) is 7.29. The molecule has 1 aliphatic heterocycles. The molecule has 4 rings (SSSR count). The van der Waals surface area contributed by atoms with E-state index in [1.165, 1.54) is 0 Å². The maximum Gasteiger partial charge on any atom is 0.417 e. The van der Waals surface area contributed by atoms with Crippen LogP contribution in [0, 0.1) is 5.92 Å². The van der Waals surface area contributed by atoms with E-state index in [2.05, 4.69) is 9.97 Å². The number of carbonyl (C=O) groups excluding carboxylic acids is 1. The molecule has 0 radical (unpaired) electrons. The normalized spacial score (nSPS) is 19.3. The van der Waals surface area contributed by atoms with Gasteiger partial charge in [-0.25, -0.2) is 9.97 Å². The number of amides is 1.